The molecular formula is C12H22O3. The highest BCUT2D eigenvalue weighted by Gasteiger charge is 2.44. The maximum Gasteiger partial charge on any atom is 0.337 e. The number of rotatable bonds is 6. The number of ether oxygens (including phenoxy) is 2. The molecular weight excluding hydrogens is 192 g/mol. The lowest BCUT2D eigenvalue weighted by Crippen LogP contribution is -2.30. The first-order chi connectivity index (χ1) is 7.13. The number of carbonyl (C=O) groups is 1. The third-order valence-electron chi connectivity index (χ3n) is 2.83. The summed E-state index contributed by atoms with van der Waals surface area (Å²) in [5.41, 5.74) is 0. The molecule has 0 spiro atoms. The molecule has 0 amide bonds. The summed E-state index contributed by atoms with van der Waals surface area (Å²) in [4.78, 5) is 11.4. The highest BCUT2D eigenvalue weighted by Crippen LogP contribution is 2.34. The number of hydrogen-bond acceptors (Lipinski definition) is 3. The minimum atomic E-state index is -0.609. The van der Waals surface area contributed by atoms with Gasteiger partial charge in [-0.2, -0.15) is 0 Å². The van der Waals surface area contributed by atoms with Gasteiger partial charge in [0.2, 0.25) is 5.79 Å². The van der Waals surface area contributed by atoms with Crippen LogP contribution >= 0.6 is 0 Å². The first-order valence-electron chi connectivity index (χ1n) is 6.04. The predicted molar refractivity (Wildman–Crippen MR) is 58.4 cm³/mol. The Hall–Kier alpha value is -0.570. The van der Waals surface area contributed by atoms with Crippen LogP contribution in [0, 0.1) is 0 Å². The van der Waals surface area contributed by atoms with E-state index in [-0.39, 0.29) is 5.97 Å². The van der Waals surface area contributed by atoms with Gasteiger partial charge in [0.05, 0.1) is 0 Å². The molecule has 0 aromatic rings. The summed E-state index contributed by atoms with van der Waals surface area (Å²) in [6.07, 6.45) is 5.57. The van der Waals surface area contributed by atoms with Crippen molar-refractivity contribution in [2.45, 2.75) is 71.2 Å². The van der Waals surface area contributed by atoms with Gasteiger partial charge >= 0.3 is 5.97 Å². The summed E-state index contributed by atoms with van der Waals surface area (Å²) < 4.78 is 11.1. The maximum absolute atomic E-state index is 11.4. The van der Waals surface area contributed by atoms with E-state index in [0.717, 1.165) is 38.5 Å². The Bertz CT molecular complexity index is 205. The first kappa shape index (κ1) is 12.5. The molecule has 3 heteroatoms. The topological polar surface area (TPSA) is 35.5 Å². The largest absolute Gasteiger partial charge is 0.431 e. The molecule has 1 fully saturated rings. The predicted octanol–water partition coefficient (Wildman–Crippen LogP) is 3.03. The van der Waals surface area contributed by atoms with Gasteiger partial charge in [0.15, 0.2) is 6.10 Å². The standard InChI is InChI=1S/C12H22O3/c1-4-6-8-12(9-7-5-2)14-10(3)11(13)15-12/h10H,4-9H2,1-3H3. The average molecular weight is 214 g/mol. The van der Waals surface area contributed by atoms with Gasteiger partial charge in [-0.1, -0.05) is 26.7 Å². The number of carbonyl (C=O) groups excluding carboxylic acids is 1. The van der Waals surface area contributed by atoms with Gasteiger partial charge in [0.25, 0.3) is 0 Å². The van der Waals surface area contributed by atoms with E-state index in [1.807, 2.05) is 0 Å². The van der Waals surface area contributed by atoms with Crippen molar-refractivity contribution in [1.29, 1.82) is 0 Å². The molecule has 1 rings (SSSR count). The first-order valence-corrected chi connectivity index (χ1v) is 6.04. The lowest BCUT2D eigenvalue weighted by atomic mass is 10.0. The monoisotopic (exact) mass is 214 g/mol. The Morgan fingerprint density at radius 1 is 1.20 bits per heavy atom. The minimum absolute atomic E-state index is 0.206. The van der Waals surface area contributed by atoms with Crippen LogP contribution in [0.4, 0.5) is 0 Å². The van der Waals surface area contributed by atoms with Crippen molar-refractivity contribution in [3.8, 4) is 0 Å². The fourth-order valence-corrected chi connectivity index (χ4v) is 1.90. The van der Waals surface area contributed by atoms with E-state index in [1.165, 1.54) is 0 Å². The van der Waals surface area contributed by atoms with Crippen molar-refractivity contribution in [2.75, 3.05) is 0 Å². The SMILES string of the molecule is CCCCC1(CCCC)OC(=O)C(C)O1. The molecule has 1 unspecified atom stereocenters. The van der Waals surface area contributed by atoms with Crippen molar-refractivity contribution in [3.63, 3.8) is 0 Å². The van der Waals surface area contributed by atoms with Crippen LogP contribution in [0.5, 0.6) is 0 Å². The minimum Gasteiger partial charge on any atom is -0.431 e. The molecule has 1 saturated heterocycles. The van der Waals surface area contributed by atoms with Gasteiger partial charge in [-0.25, -0.2) is 4.79 Å². The zero-order chi connectivity index (χ0) is 11.3. The van der Waals surface area contributed by atoms with Gasteiger partial charge in [-0.3, -0.25) is 0 Å². The molecule has 0 N–H and O–H groups in total. The molecule has 88 valence electrons. The second-order valence-electron chi connectivity index (χ2n) is 4.30. The quantitative estimate of drug-likeness (QED) is 0.637. The highest BCUT2D eigenvalue weighted by molar-refractivity contribution is 5.76. The van der Waals surface area contributed by atoms with Crippen LogP contribution in [0.15, 0.2) is 0 Å². The molecule has 0 saturated carbocycles. The summed E-state index contributed by atoms with van der Waals surface area (Å²) >= 11 is 0. The molecule has 0 radical (unpaired) electrons. The van der Waals surface area contributed by atoms with Crippen LogP contribution < -0.4 is 0 Å². The second kappa shape index (κ2) is 5.50. The molecule has 1 heterocycles. The van der Waals surface area contributed by atoms with Crippen molar-refractivity contribution in [1.82, 2.24) is 0 Å². The Balaban J connectivity index is 2.57. The Morgan fingerprint density at radius 2 is 1.73 bits per heavy atom. The van der Waals surface area contributed by atoms with Gasteiger partial charge in [-0.15, -0.1) is 0 Å². The van der Waals surface area contributed by atoms with E-state index in [1.54, 1.807) is 6.92 Å². The number of esters is 1. The van der Waals surface area contributed by atoms with Crippen LogP contribution in [0.3, 0.4) is 0 Å². The fourth-order valence-electron chi connectivity index (χ4n) is 1.90. The zero-order valence-corrected chi connectivity index (χ0v) is 10.0. The summed E-state index contributed by atoms with van der Waals surface area (Å²) in [5, 5.41) is 0. The summed E-state index contributed by atoms with van der Waals surface area (Å²) in [6, 6.07) is 0. The van der Waals surface area contributed by atoms with Gasteiger partial charge in [0, 0.05) is 12.8 Å². The van der Waals surface area contributed by atoms with Crippen LogP contribution in [0.25, 0.3) is 0 Å². The third-order valence-corrected chi connectivity index (χ3v) is 2.83. The van der Waals surface area contributed by atoms with Crippen LogP contribution in [-0.2, 0) is 14.3 Å². The second-order valence-corrected chi connectivity index (χ2v) is 4.30. The fraction of sp³-hybridized carbons (Fsp3) is 0.917. The van der Waals surface area contributed by atoms with Gasteiger partial charge in [-0.05, 0) is 19.8 Å². The molecule has 1 aliphatic heterocycles. The van der Waals surface area contributed by atoms with E-state index in [0.29, 0.717) is 0 Å². The van der Waals surface area contributed by atoms with Crippen molar-refractivity contribution >= 4 is 5.97 Å². The van der Waals surface area contributed by atoms with E-state index in [9.17, 15) is 4.79 Å². The molecule has 0 aromatic carbocycles. The lowest BCUT2D eigenvalue weighted by molar-refractivity contribution is -0.184. The van der Waals surface area contributed by atoms with Crippen molar-refractivity contribution in [3.05, 3.63) is 0 Å². The van der Waals surface area contributed by atoms with Crippen LogP contribution in [0.1, 0.15) is 59.3 Å². The average Bonchev–Trinajstić information content (AvgIpc) is 2.50. The van der Waals surface area contributed by atoms with E-state index < -0.39 is 11.9 Å². The third kappa shape index (κ3) is 3.20. The maximum atomic E-state index is 11.4. The molecule has 0 aliphatic carbocycles. The Labute approximate surface area is 92.1 Å². The molecule has 3 nitrogen and oxygen atoms in total. The Kier molecular flexibility index (Phi) is 4.58. The van der Waals surface area contributed by atoms with Crippen LogP contribution in [-0.4, -0.2) is 17.9 Å². The summed E-state index contributed by atoms with van der Waals surface area (Å²) in [7, 11) is 0. The van der Waals surface area contributed by atoms with Gasteiger partial charge < -0.3 is 9.47 Å². The lowest BCUT2D eigenvalue weighted by Gasteiger charge is -2.26. The van der Waals surface area contributed by atoms with Gasteiger partial charge in [0.1, 0.15) is 0 Å². The molecule has 1 atom stereocenters. The summed E-state index contributed by atoms with van der Waals surface area (Å²) in [5.74, 6) is -0.815. The van der Waals surface area contributed by atoms with Crippen LogP contribution in [0.2, 0.25) is 0 Å². The van der Waals surface area contributed by atoms with E-state index in [4.69, 9.17) is 9.47 Å². The number of hydrogen-bond donors (Lipinski definition) is 0. The Morgan fingerprint density at radius 3 is 2.07 bits per heavy atom. The molecule has 15 heavy (non-hydrogen) atoms. The van der Waals surface area contributed by atoms with Crippen molar-refractivity contribution in [2.24, 2.45) is 0 Å². The molecule has 0 bridgehead atoms. The zero-order valence-electron chi connectivity index (χ0n) is 10.0. The highest BCUT2D eigenvalue weighted by atomic mass is 16.8. The van der Waals surface area contributed by atoms with Crippen molar-refractivity contribution < 1.29 is 14.3 Å². The van der Waals surface area contributed by atoms with E-state index in [2.05, 4.69) is 13.8 Å². The molecule has 1 aliphatic rings. The normalized spacial score (nSPS) is 24.2. The smallest absolute Gasteiger partial charge is 0.337 e. The summed E-state index contributed by atoms with van der Waals surface area (Å²) in [6.45, 7) is 6.03. The number of unbranched alkanes of at least 4 members (excludes halogenated alkanes) is 2. The molecule has 0 aromatic heterocycles. The number of cyclic esters (lactones) is 1. The van der Waals surface area contributed by atoms with E-state index >= 15 is 0 Å².